The summed E-state index contributed by atoms with van der Waals surface area (Å²) in [6.45, 7) is 3.85. The van der Waals surface area contributed by atoms with Crippen molar-refractivity contribution < 1.29 is 4.79 Å². The van der Waals surface area contributed by atoms with Crippen LogP contribution in [0.25, 0.3) is 38.5 Å². The minimum absolute atomic E-state index is 0.00654. The van der Waals surface area contributed by atoms with Gasteiger partial charge in [-0.15, -0.1) is 0 Å². The molecule has 5 aromatic rings. The predicted molar refractivity (Wildman–Crippen MR) is 128 cm³/mol. The molecular weight excluding hydrogens is 382 g/mol. The van der Waals surface area contributed by atoms with E-state index in [0.29, 0.717) is 6.42 Å². The molecule has 0 fully saturated rings. The van der Waals surface area contributed by atoms with Gasteiger partial charge < -0.3 is 5.32 Å². The highest BCUT2D eigenvalue weighted by Gasteiger charge is 2.12. The van der Waals surface area contributed by atoms with Gasteiger partial charge in [-0.25, -0.2) is 4.68 Å². The minimum Gasteiger partial charge on any atom is -0.326 e. The van der Waals surface area contributed by atoms with Gasteiger partial charge in [-0.3, -0.25) is 4.79 Å². The maximum absolute atomic E-state index is 11.6. The summed E-state index contributed by atoms with van der Waals surface area (Å²) in [5, 5.41) is 12.6. The monoisotopic (exact) mass is 405 g/mol. The molecule has 152 valence electrons. The molecule has 0 radical (unpaired) electrons. The molecule has 0 saturated heterocycles. The third-order valence-electron chi connectivity index (χ3n) is 5.59. The van der Waals surface area contributed by atoms with Crippen molar-refractivity contribution in [3.8, 4) is 16.9 Å². The number of hydrogen-bond donors (Lipinski definition) is 1. The number of aromatic nitrogens is 2. The van der Waals surface area contributed by atoms with Crippen LogP contribution in [0.4, 0.5) is 5.69 Å². The molecule has 0 bridgehead atoms. The van der Waals surface area contributed by atoms with Crippen molar-refractivity contribution in [3.05, 3.63) is 90.6 Å². The van der Waals surface area contributed by atoms with Crippen LogP contribution in [0.3, 0.4) is 0 Å². The quantitative estimate of drug-likeness (QED) is 0.347. The van der Waals surface area contributed by atoms with E-state index in [1.54, 1.807) is 0 Å². The zero-order chi connectivity index (χ0) is 21.4. The number of nitrogens with one attached hydrogen (secondary N) is 1. The van der Waals surface area contributed by atoms with E-state index in [2.05, 4.69) is 66.0 Å². The Labute approximate surface area is 181 Å². The van der Waals surface area contributed by atoms with E-state index in [4.69, 9.17) is 5.10 Å². The number of hydrogen-bond acceptors (Lipinski definition) is 2. The van der Waals surface area contributed by atoms with Crippen LogP contribution in [0.5, 0.6) is 0 Å². The Morgan fingerprint density at radius 1 is 0.871 bits per heavy atom. The lowest BCUT2D eigenvalue weighted by molar-refractivity contribution is -0.115. The fourth-order valence-corrected chi connectivity index (χ4v) is 4.01. The standard InChI is InChI=1S/C27H23N3O/c1-3-27(31)28-22-11-13-23(14-12-22)30-26(16-18(2)29-30)21-10-15-25-20(17-21)9-8-19-6-4-5-7-24(19)25/h4-17H,3H2,1-2H3,(H,28,31). The summed E-state index contributed by atoms with van der Waals surface area (Å²) in [4.78, 5) is 11.6. The molecule has 1 heterocycles. The lowest BCUT2D eigenvalue weighted by Gasteiger charge is -2.11. The Morgan fingerprint density at radius 3 is 2.42 bits per heavy atom. The van der Waals surface area contributed by atoms with Gasteiger partial charge in [-0.1, -0.05) is 55.5 Å². The average Bonchev–Trinajstić information content (AvgIpc) is 3.20. The molecule has 1 aromatic heterocycles. The minimum atomic E-state index is 0.00654. The summed E-state index contributed by atoms with van der Waals surface area (Å²) >= 11 is 0. The highest BCUT2D eigenvalue weighted by Crippen LogP contribution is 2.31. The highest BCUT2D eigenvalue weighted by molar-refractivity contribution is 6.08. The number of anilines is 1. The second-order valence-electron chi connectivity index (χ2n) is 7.75. The number of aryl methyl sites for hydroxylation is 1. The third kappa shape index (κ3) is 3.57. The molecule has 5 rings (SSSR count). The van der Waals surface area contributed by atoms with Crippen LogP contribution in [0.2, 0.25) is 0 Å². The van der Waals surface area contributed by atoms with Crippen molar-refractivity contribution in [2.24, 2.45) is 0 Å². The fourth-order valence-electron chi connectivity index (χ4n) is 4.01. The highest BCUT2D eigenvalue weighted by atomic mass is 16.1. The number of amides is 1. The molecule has 0 aliphatic carbocycles. The Morgan fingerprint density at radius 2 is 1.61 bits per heavy atom. The number of benzene rings is 4. The van der Waals surface area contributed by atoms with E-state index in [1.165, 1.54) is 21.5 Å². The number of fused-ring (bicyclic) bond motifs is 3. The smallest absolute Gasteiger partial charge is 0.224 e. The molecule has 31 heavy (non-hydrogen) atoms. The van der Waals surface area contributed by atoms with Crippen molar-refractivity contribution in [1.82, 2.24) is 9.78 Å². The summed E-state index contributed by atoms with van der Waals surface area (Å²) in [5.41, 5.74) is 4.86. The van der Waals surface area contributed by atoms with Crippen LogP contribution in [-0.2, 0) is 4.79 Å². The SMILES string of the molecule is CCC(=O)Nc1ccc(-n2nc(C)cc2-c2ccc3c(ccc4ccccc43)c2)cc1. The average molecular weight is 406 g/mol. The number of nitrogens with zero attached hydrogens (tertiary/aromatic N) is 2. The lowest BCUT2D eigenvalue weighted by Crippen LogP contribution is -2.09. The molecule has 4 heteroatoms. The Kier molecular flexibility index (Phi) is 4.75. The first-order chi connectivity index (χ1) is 15.1. The van der Waals surface area contributed by atoms with Gasteiger partial charge in [0.1, 0.15) is 0 Å². The molecule has 0 spiro atoms. The largest absolute Gasteiger partial charge is 0.326 e. The molecule has 0 atom stereocenters. The van der Waals surface area contributed by atoms with Gasteiger partial charge in [-0.2, -0.15) is 5.10 Å². The van der Waals surface area contributed by atoms with Gasteiger partial charge in [0.05, 0.1) is 17.1 Å². The fraction of sp³-hybridized carbons (Fsp3) is 0.111. The Bertz CT molecular complexity index is 1410. The van der Waals surface area contributed by atoms with E-state index in [9.17, 15) is 4.79 Å². The molecule has 1 N–H and O–H groups in total. The molecule has 0 unspecified atom stereocenters. The first-order valence-corrected chi connectivity index (χ1v) is 10.5. The maximum Gasteiger partial charge on any atom is 0.224 e. The number of rotatable bonds is 4. The molecule has 4 nitrogen and oxygen atoms in total. The van der Waals surface area contributed by atoms with E-state index in [1.807, 2.05) is 42.8 Å². The van der Waals surface area contributed by atoms with Crippen LogP contribution < -0.4 is 5.32 Å². The van der Waals surface area contributed by atoms with Crippen molar-refractivity contribution >= 4 is 33.1 Å². The van der Waals surface area contributed by atoms with Gasteiger partial charge in [0.15, 0.2) is 0 Å². The summed E-state index contributed by atoms with van der Waals surface area (Å²) < 4.78 is 1.96. The van der Waals surface area contributed by atoms with Crippen LogP contribution in [0.1, 0.15) is 19.0 Å². The van der Waals surface area contributed by atoms with Crippen molar-refractivity contribution in [3.63, 3.8) is 0 Å². The van der Waals surface area contributed by atoms with Crippen molar-refractivity contribution in [2.75, 3.05) is 5.32 Å². The van der Waals surface area contributed by atoms with Gasteiger partial charge in [0.25, 0.3) is 0 Å². The van der Waals surface area contributed by atoms with Crippen LogP contribution in [0.15, 0.2) is 84.9 Å². The topological polar surface area (TPSA) is 46.9 Å². The van der Waals surface area contributed by atoms with E-state index < -0.39 is 0 Å². The molecule has 4 aromatic carbocycles. The summed E-state index contributed by atoms with van der Waals surface area (Å²) in [7, 11) is 0. The zero-order valence-electron chi connectivity index (χ0n) is 17.6. The Hall–Kier alpha value is -3.92. The molecule has 0 aliphatic rings. The van der Waals surface area contributed by atoms with Gasteiger partial charge in [0.2, 0.25) is 5.91 Å². The second kappa shape index (κ2) is 7.73. The first kappa shape index (κ1) is 19.1. The molecule has 0 saturated carbocycles. The maximum atomic E-state index is 11.6. The van der Waals surface area contributed by atoms with Crippen LogP contribution in [-0.4, -0.2) is 15.7 Å². The Balaban J connectivity index is 1.56. The van der Waals surface area contributed by atoms with E-state index in [-0.39, 0.29) is 5.91 Å². The summed E-state index contributed by atoms with van der Waals surface area (Å²) in [5.74, 6) is 0.00654. The van der Waals surface area contributed by atoms with Gasteiger partial charge in [-0.05, 0) is 64.9 Å². The van der Waals surface area contributed by atoms with Crippen LogP contribution in [0, 0.1) is 6.92 Å². The molecule has 1 amide bonds. The molecular formula is C27H23N3O. The van der Waals surface area contributed by atoms with Gasteiger partial charge >= 0.3 is 0 Å². The lowest BCUT2D eigenvalue weighted by atomic mass is 9.99. The first-order valence-electron chi connectivity index (χ1n) is 10.5. The summed E-state index contributed by atoms with van der Waals surface area (Å²) in [6.07, 6.45) is 0.460. The number of carbonyl (C=O) groups excluding carboxylic acids is 1. The third-order valence-corrected chi connectivity index (χ3v) is 5.59. The van der Waals surface area contributed by atoms with Crippen molar-refractivity contribution in [2.45, 2.75) is 20.3 Å². The zero-order valence-corrected chi connectivity index (χ0v) is 17.6. The second-order valence-corrected chi connectivity index (χ2v) is 7.75. The summed E-state index contributed by atoms with van der Waals surface area (Å²) in [6, 6.07) is 29.3. The van der Waals surface area contributed by atoms with E-state index >= 15 is 0 Å². The van der Waals surface area contributed by atoms with E-state index in [0.717, 1.165) is 28.3 Å². The van der Waals surface area contributed by atoms with Crippen LogP contribution >= 0.6 is 0 Å². The predicted octanol–water partition coefficient (Wildman–Crippen LogP) is 6.50. The van der Waals surface area contributed by atoms with Crippen molar-refractivity contribution in [1.29, 1.82) is 0 Å². The molecule has 0 aliphatic heterocycles. The number of carbonyl (C=O) groups is 1. The van der Waals surface area contributed by atoms with Gasteiger partial charge in [0, 0.05) is 17.7 Å². The normalized spacial score (nSPS) is 11.2.